The molecule has 1 heteroatoms. The molecule has 0 radical (unpaired) electrons. The van der Waals surface area contributed by atoms with Gasteiger partial charge >= 0.3 is 0 Å². The Morgan fingerprint density at radius 1 is 0.434 bits per heavy atom. The fraction of sp³-hybridized carbons (Fsp3) is 0.115. The summed E-state index contributed by atoms with van der Waals surface area (Å²) in [6, 6.07) is 56.0. The Morgan fingerprint density at radius 3 is 1.43 bits per heavy atom. The minimum atomic E-state index is 0.305. The van der Waals surface area contributed by atoms with Crippen molar-refractivity contribution in [1.29, 1.82) is 0 Å². The summed E-state index contributed by atoms with van der Waals surface area (Å²) >= 11 is 0. The molecule has 1 aliphatic rings. The van der Waals surface area contributed by atoms with Crippen LogP contribution in [0.25, 0.3) is 82.2 Å². The lowest BCUT2D eigenvalue weighted by atomic mass is 9.81. The number of hydrogen-bond donors (Lipinski definition) is 1. The van der Waals surface area contributed by atoms with Crippen LogP contribution in [0.5, 0.6) is 5.75 Å². The molecule has 1 unspecified atom stereocenters. The molecule has 0 fully saturated rings. The third-order valence-corrected chi connectivity index (χ3v) is 10.6. The van der Waals surface area contributed by atoms with Crippen molar-refractivity contribution in [3.63, 3.8) is 0 Å². The Hall–Kier alpha value is -6.18. The van der Waals surface area contributed by atoms with Crippen LogP contribution in [0.15, 0.2) is 164 Å². The lowest BCUT2D eigenvalue weighted by Gasteiger charge is -2.23. The number of rotatable bonds is 2. The first kappa shape index (κ1) is 33.9. The van der Waals surface area contributed by atoms with Gasteiger partial charge in [0.15, 0.2) is 0 Å². The summed E-state index contributed by atoms with van der Waals surface area (Å²) in [4.78, 5) is 0. The van der Waals surface area contributed by atoms with Crippen LogP contribution in [0, 0.1) is 6.92 Å². The predicted molar refractivity (Wildman–Crippen MR) is 231 cm³/mol. The first-order valence-corrected chi connectivity index (χ1v) is 18.9. The van der Waals surface area contributed by atoms with Gasteiger partial charge in [-0.1, -0.05) is 166 Å². The standard InChI is InChI=1S/C32H26O.C18H12.C2H6/c1-20-15-25(18-26(33)16-20)23-9-6-8-22(17-23)24-13-14-28-30-12-5-7-21(2)32(30)29-11-4-3-10-27(29)31(28)19-24;1-2-8-14-13(7-1)15-9-3-4-11-17(15)18-12-6-5-10-16(14)18;1-2/h3-6,8-19,21,33H,7H2,1-2H3;1-12H;1-2H3. The van der Waals surface area contributed by atoms with Crippen LogP contribution < -0.4 is 0 Å². The Labute approximate surface area is 312 Å². The molecule has 0 aromatic heterocycles. The number of hydrogen-bond acceptors (Lipinski definition) is 1. The van der Waals surface area contributed by atoms with Crippen LogP contribution in [-0.4, -0.2) is 5.11 Å². The lowest BCUT2D eigenvalue weighted by molar-refractivity contribution is 0.475. The molecule has 0 saturated carbocycles. The fourth-order valence-electron chi connectivity index (χ4n) is 8.31. The van der Waals surface area contributed by atoms with Gasteiger partial charge in [0.1, 0.15) is 5.75 Å². The highest BCUT2D eigenvalue weighted by molar-refractivity contribution is 6.25. The van der Waals surface area contributed by atoms with E-state index in [4.69, 9.17) is 0 Å². The number of fused-ring (bicyclic) bond motifs is 12. The predicted octanol–water partition coefficient (Wildman–Crippen LogP) is 15.0. The van der Waals surface area contributed by atoms with Gasteiger partial charge in [0.2, 0.25) is 0 Å². The summed E-state index contributed by atoms with van der Waals surface area (Å²) in [5.41, 5.74) is 8.44. The van der Waals surface area contributed by atoms with E-state index in [1.54, 1.807) is 6.07 Å². The van der Waals surface area contributed by atoms with E-state index in [0.29, 0.717) is 11.7 Å². The molecule has 1 atom stereocenters. The van der Waals surface area contributed by atoms with E-state index < -0.39 is 0 Å². The quantitative estimate of drug-likeness (QED) is 0.180. The molecule has 0 bridgehead atoms. The largest absolute Gasteiger partial charge is 0.508 e. The number of phenolic OH excluding ortho intramolecular Hbond substituents is 1. The van der Waals surface area contributed by atoms with E-state index in [9.17, 15) is 5.11 Å². The van der Waals surface area contributed by atoms with Crippen LogP contribution in [0.1, 0.15) is 49.8 Å². The average Bonchev–Trinajstić information content (AvgIpc) is 3.21. The number of aromatic hydroxyl groups is 1. The van der Waals surface area contributed by atoms with Gasteiger partial charge in [0.05, 0.1) is 0 Å². The molecule has 53 heavy (non-hydrogen) atoms. The van der Waals surface area contributed by atoms with Crippen LogP contribution in [0.3, 0.4) is 0 Å². The molecule has 0 amide bonds. The maximum absolute atomic E-state index is 10.1. The highest BCUT2D eigenvalue weighted by atomic mass is 16.3. The van der Waals surface area contributed by atoms with Gasteiger partial charge < -0.3 is 5.11 Å². The van der Waals surface area contributed by atoms with Gasteiger partial charge in [0, 0.05) is 0 Å². The van der Waals surface area contributed by atoms with Crippen LogP contribution in [-0.2, 0) is 0 Å². The molecule has 0 saturated heterocycles. The number of phenols is 1. The second-order valence-corrected chi connectivity index (χ2v) is 13.9. The molecular formula is C52H44O. The maximum Gasteiger partial charge on any atom is 0.116 e. The molecule has 1 nitrogen and oxygen atoms in total. The number of aryl methyl sites for hydroxylation is 1. The van der Waals surface area contributed by atoms with E-state index in [-0.39, 0.29) is 0 Å². The van der Waals surface area contributed by atoms with Gasteiger partial charge in [-0.25, -0.2) is 0 Å². The van der Waals surface area contributed by atoms with Crippen LogP contribution >= 0.6 is 0 Å². The summed E-state index contributed by atoms with van der Waals surface area (Å²) in [5.74, 6) is 0.834. The normalized spacial score (nSPS) is 13.4. The zero-order valence-corrected chi connectivity index (χ0v) is 30.9. The SMILES string of the molecule is CC.Cc1cc(O)cc(-c2cccc(-c3ccc4c5c(c6ccccc6c4c3)C(C)CC=C5)c2)c1.c1ccc2c(c1)c1ccccc1c1ccccc21. The third-order valence-electron chi connectivity index (χ3n) is 10.6. The molecule has 1 N–H and O–H groups in total. The molecular weight excluding hydrogens is 641 g/mol. The van der Waals surface area contributed by atoms with Crippen molar-refractivity contribution in [1.82, 2.24) is 0 Å². The summed E-state index contributed by atoms with van der Waals surface area (Å²) in [6.45, 7) is 8.35. The Bertz CT molecular complexity index is 2580. The molecule has 0 spiro atoms. The first-order valence-electron chi connectivity index (χ1n) is 18.9. The number of allylic oxidation sites excluding steroid dienone is 1. The molecule has 10 rings (SSSR count). The summed E-state index contributed by atoms with van der Waals surface area (Å²) < 4.78 is 0. The van der Waals surface area contributed by atoms with Gasteiger partial charge in [-0.05, 0) is 136 Å². The molecule has 0 aliphatic heterocycles. The Kier molecular flexibility index (Phi) is 9.25. The second kappa shape index (κ2) is 14.4. The molecule has 1 aliphatic carbocycles. The second-order valence-electron chi connectivity index (χ2n) is 13.9. The van der Waals surface area contributed by atoms with Crippen molar-refractivity contribution in [2.24, 2.45) is 0 Å². The van der Waals surface area contributed by atoms with Crippen molar-refractivity contribution in [3.05, 3.63) is 180 Å². The first-order chi connectivity index (χ1) is 26.0. The monoisotopic (exact) mass is 684 g/mol. The Balaban J connectivity index is 0.000000168. The highest BCUT2D eigenvalue weighted by Crippen LogP contribution is 2.42. The molecule has 9 aromatic rings. The summed E-state index contributed by atoms with van der Waals surface area (Å²) in [6.07, 6.45) is 5.73. The van der Waals surface area contributed by atoms with Crippen molar-refractivity contribution in [2.45, 2.75) is 40.0 Å². The van der Waals surface area contributed by atoms with E-state index >= 15 is 0 Å². The van der Waals surface area contributed by atoms with Gasteiger partial charge in [-0.2, -0.15) is 0 Å². The van der Waals surface area contributed by atoms with Crippen molar-refractivity contribution in [2.75, 3.05) is 0 Å². The van der Waals surface area contributed by atoms with Crippen LogP contribution in [0.2, 0.25) is 0 Å². The van der Waals surface area contributed by atoms with E-state index in [0.717, 1.165) is 23.1 Å². The lowest BCUT2D eigenvalue weighted by Crippen LogP contribution is -2.02. The minimum absolute atomic E-state index is 0.305. The Morgan fingerprint density at radius 2 is 0.906 bits per heavy atom. The van der Waals surface area contributed by atoms with Gasteiger partial charge in [-0.3, -0.25) is 0 Å². The molecule has 9 aromatic carbocycles. The van der Waals surface area contributed by atoms with E-state index in [1.165, 1.54) is 76.1 Å². The van der Waals surface area contributed by atoms with Crippen molar-refractivity contribution >= 4 is 59.9 Å². The topological polar surface area (TPSA) is 20.2 Å². The fourth-order valence-corrected chi connectivity index (χ4v) is 8.31. The summed E-state index contributed by atoms with van der Waals surface area (Å²) in [5, 5.41) is 23.4. The van der Waals surface area contributed by atoms with Crippen LogP contribution in [0.4, 0.5) is 0 Å². The zero-order valence-electron chi connectivity index (χ0n) is 30.9. The highest BCUT2D eigenvalue weighted by Gasteiger charge is 2.20. The van der Waals surface area contributed by atoms with Gasteiger partial charge in [-0.15, -0.1) is 0 Å². The zero-order chi connectivity index (χ0) is 36.5. The smallest absolute Gasteiger partial charge is 0.116 e. The average molecular weight is 685 g/mol. The summed E-state index contributed by atoms with van der Waals surface area (Å²) in [7, 11) is 0. The van der Waals surface area contributed by atoms with E-state index in [1.807, 2.05) is 26.8 Å². The van der Waals surface area contributed by atoms with Gasteiger partial charge in [0.25, 0.3) is 0 Å². The molecule has 258 valence electrons. The van der Waals surface area contributed by atoms with Crippen molar-refractivity contribution < 1.29 is 5.11 Å². The third kappa shape index (κ3) is 6.23. The minimum Gasteiger partial charge on any atom is -0.508 e. The molecule has 0 heterocycles. The number of benzene rings is 9. The van der Waals surface area contributed by atoms with E-state index in [2.05, 4.69) is 165 Å². The van der Waals surface area contributed by atoms with Crippen molar-refractivity contribution in [3.8, 4) is 28.0 Å². The maximum atomic E-state index is 10.1.